The van der Waals surface area contributed by atoms with Gasteiger partial charge in [0.15, 0.2) is 0 Å². The molecule has 0 saturated carbocycles. The number of hydrogen-bond donors (Lipinski definition) is 1. The minimum atomic E-state index is -1.33. The number of likely N-dealkylation sites (tertiary alicyclic amines) is 2. The summed E-state index contributed by atoms with van der Waals surface area (Å²) in [7, 11) is 0. The van der Waals surface area contributed by atoms with Crippen LogP contribution in [0.1, 0.15) is 66.4 Å². The molecule has 0 aromatic heterocycles. The van der Waals surface area contributed by atoms with Gasteiger partial charge in [-0.15, -0.1) is 0 Å². The molecule has 0 bridgehead atoms. The first-order chi connectivity index (χ1) is 18.7. The number of nitrogens with zero attached hydrogens (tertiary/aromatic N) is 2. The number of piperidine rings is 1. The molecule has 8 nitrogen and oxygen atoms in total. The van der Waals surface area contributed by atoms with Gasteiger partial charge >= 0.3 is 12.2 Å². The average Bonchev–Trinajstić information content (AvgIpc) is 3.20. The first kappa shape index (κ1) is 29.6. The maximum absolute atomic E-state index is 13.7. The van der Waals surface area contributed by atoms with Crippen LogP contribution in [-0.4, -0.2) is 68.9 Å². The Morgan fingerprint density at radius 2 is 1.38 bits per heavy atom. The fourth-order valence-electron chi connectivity index (χ4n) is 5.49. The maximum atomic E-state index is 13.7. The summed E-state index contributed by atoms with van der Waals surface area (Å²) in [6.07, 6.45) is 0.102. The zero-order valence-corrected chi connectivity index (χ0v) is 24.5. The summed E-state index contributed by atoms with van der Waals surface area (Å²) in [5.41, 5.74) is 0.459. The fourth-order valence-corrected chi connectivity index (χ4v) is 5.49. The lowest BCUT2D eigenvalue weighted by Crippen LogP contribution is -2.53. The number of carbonyl (C=O) groups is 3. The summed E-state index contributed by atoms with van der Waals surface area (Å²) in [4.78, 5) is 42.3. The van der Waals surface area contributed by atoms with E-state index in [1.165, 1.54) is 4.90 Å². The Morgan fingerprint density at radius 3 is 1.93 bits per heavy atom. The third-order valence-corrected chi connectivity index (χ3v) is 7.46. The van der Waals surface area contributed by atoms with Crippen molar-refractivity contribution in [2.75, 3.05) is 13.1 Å². The van der Waals surface area contributed by atoms with E-state index in [0.717, 1.165) is 16.7 Å². The molecular formula is C32H42N2O6. The molecule has 3 amide bonds. The third-order valence-electron chi connectivity index (χ3n) is 7.46. The second kappa shape index (κ2) is 11.2. The summed E-state index contributed by atoms with van der Waals surface area (Å²) in [6, 6.07) is 17.7. The number of imide groups is 1. The van der Waals surface area contributed by atoms with Crippen molar-refractivity contribution in [3.63, 3.8) is 0 Å². The van der Waals surface area contributed by atoms with Gasteiger partial charge in [0.1, 0.15) is 11.2 Å². The van der Waals surface area contributed by atoms with Gasteiger partial charge in [-0.2, -0.15) is 0 Å². The molecule has 2 saturated heterocycles. The van der Waals surface area contributed by atoms with Crippen LogP contribution in [0.15, 0.2) is 54.6 Å². The quantitative estimate of drug-likeness (QED) is 0.516. The molecule has 216 valence electrons. The van der Waals surface area contributed by atoms with Crippen molar-refractivity contribution in [2.45, 2.75) is 90.1 Å². The molecule has 8 heteroatoms. The van der Waals surface area contributed by atoms with E-state index in [9.17, 15) is 19.5 Å². The maximum Gasteiger partial charge on any atom is 0.417 e. The highest BCUT2D eigenvalue weighted by atomic mass is 16.6. The lowest BCUT2D eigenvalue weighted by Gasteiger charge is -2.41. The number of hydrogen-bond acceptors (Lipinski definition) is 6. The molecule has 0 aliphatic carbocycles. The molecule has 2 aromatic carbocycles. The van der Waals surface area contributed by atoms with Gasteiger partial charge in [0.05, 0.1) is 11.5 Å². The van der Waals surface area contributed by atoms with Crippen molar-refractivity contribution in [1.29, 1.82) is 0 Å². The molecule has 2 aliphatic heterocycles. The first-order valence-electron chi connectivity index (χ1n) is 14.1. The molecule has 2 aromatic rings. The number of aliphatic hydroxyl groups is 1. The van der Waals surface area contributed by atoms with Gasteiger partial charge in [0, 0.05) is 19.1 Å². The molecule has 40 heavy (non-hydrogen) atoms. The van der Waals surface area contributed by atoms with Crippen LogP contribution in [-0.2, 0) is 20.7 Å². The van der Waals surface area contributed by atoms with Crippen LogP contribution >= 0.6 is 0 Å². The van der Waals surface area contributed by atoms with Gasteiger partial charge in [0.2, 0.25) is 5.91 Å². The third kappa shape index (κ3) is 7.02. The van der Waals surface area contributed by atoms with Gasteiger partial charge in [0.25, 0.3) is 0 Å². The van der Waals surface area contributed by atoms with Gasteiger partial charge in [-0.1, -0.05) is 54.6 Å². The molecule has 2 aliphatic rings. The fraction of sp³-hybridized carbons (Fsp3) is 0.531. The number of rotatable bonds is 4. The normalized spacial score (nSPS) is 21.3. The molecule has 0 radical (unpaired) electrons. The highest BCUT2D eigenvalue weighted by molar-refractivity contribution is 5.96. The summed E-state index contributed by atoms with van der Waals surface area (Å²) in [5.74, 6) is -1.19. The Kier molecular flexibility index (Phi) is 8.31. The predicted octanol–water partition coefficient (Wildman–Crippen LogP) is 5.81. The topological polar surface area (TPSA) is 96.4 Å². The van der Waals surface area contributed by atoms with Crippen LogP contribution in [0, 0.1) is 5.92 Å². The van der Waals surface area contributed by atoms with Crippen molar-refractivity contribution in [1.82, 2.24) is 9.80 Å². The van der Waals surface area contributed by atoms with Crippen molar-refractivity contribution in [2.24, 2.45) is 5.92 Å². The molecule has 1 N–H and O–H groups in total. The molecule has 2 fully saturated rings. The Labute approximate surface area is 237 Å². The van der Waals surface area contributed by atoms with Gasteiger partial charge < -0.3 is 19.5 Å². The standard InChI is InChI=1S/C32H42N2O6/c1-30(2,3)39-28(36)33-18-16-32(38,17-19-33)26-21-25(34(27(26)35)29(37)40-31(4,5)6)20-22-12-14-24(15-13-22)23-10-8-7-9-11-23/h7-15,25-26,38H,16-21H2,1-6H3. The number of amides is 3. The van der Waals surface area contributed by atoms with Crippen LogP contribution in [0.5, 0.6) is 0 Å². The predicted molar refractivity (Wildman–Crippen MR) is 153 cm³/mol. The zero-order chi connectivity index (χ0) is 29.3. The van der Waals surface area contributed by atoms with Crippen molar-refractivity contribution < 1.29 is 29.0 Å². The molecule has 2 atom stereocenters. The summed E-state index contributed by atoms with van der Waals surface area (Å²) in [6.45, 7) is 11.3. The van der Waals surface area contributed by atoms with E-state index in [0.29, 0.717) is 12.8 Å². The Bertz CT molecular complexity index is 1200. The van der Waals surface area contributed by atoms with E-state index in [4.69, 9.17) is 9.47 Å². The van der Waals surface area contributed by atoms with Gasteiger partial charge in [-0.25, -0.2) is 14.5 Å². The summed E-state index contributed by atoms with van der Waals surface area (Å²) < 4.78 is 11.1. The van der Waals surface area contributed by atoms with Crippen molar-refractivity contribution >= 4 is 18.1 Å². The Hall–Kier alpha value is -3.39. The Morgan fingerprint density at radius 1 is 0.850 bits per heavy atom. The van der Waals surface area contributed by atoms with Gasteiger partial charge in [-0.05, 0) is 83.9 Å². The molecule has 4 rings (SSSR count). The van der Waals surface area contributed by atoms with E-state index in [2.05, 4.69) is 0 Å². The Balaban J connectivity index is 1.51. The minimum Gasteiger partial charge on any atom is -0.444 e. The van der Waals surface area contributed by atoms with Crippen LogP contribution in [0.2, 0.25) is 0 Å². The second-order valence-corrected chi connectivity index (χ2v) is 13.0. The summed E-state index contributed by atoms with van der Waals surface area (Å²) >= 11 is 0. The first-order valence-corrected chi connectivity index (χ1v) is 14.1. The largest absolute Gasteiger partial charge is 0.444 e. The van der Waals surface area contributed by atoms with Crippen molar-refractivity contribution in [3.05, 3.63) is 60.2 Å². The molecule has 2 heterocycles. The molecule has 2 unspecified atom stereocenters. The lowest BCUT2D eigenvalue weighted by atomic mass is 9.77. The smallest absolute Gasteiger partial charge is 0.417 e. The average molecular weight is 551 g/mol. The zero-order valence-electron chi connectivity index (χ0n) is 24.5. The molecule has 0 spiro atoms. The minimum absolute atomic E-state index is 0.225. The number of benzene rings is 2. The van der Waals surface area contributed by atoms with Crippen molar-refractivity contribution in [3.8, 4) is 11.1 Å². The molecular weight excluding hydrogens is 508 g/mol. The highest BCUT2D eigenvalue weighted by Gasteiger charge is 2.54. The number of ether oxygens (including phenoxy) is 2. The lowest BCUT2D eigenvalue weighted by molar-refractivity contribution is -0.141. The van der Waals surface area contributed by atoms with Crippen LogP contribution in [0.3, 0.4) is 0 Å². The summed E-state index contributed by atoms with van der Waals surface area (Å²) in [5, 5.41) is 11.7. The highest BCUT2D eigenvalue weighted by Crippen LogP contribution is 2.41. The van der Waals surface area contributed by atoms with Crippen LogP contribution < -0.4 is 0 Å². The number of carbonyl (C=O) groups excluding carboxylic acids is 3. The van der Waals surface area contributed by atoms with Crippen LogP contribution in [0.25, 0.3) is 11.1 Å². The monoisotopic (exact) mass is 550 g/mol. The van der Waals surface area contributed by atoms with E-state index < -0.39 is 46.9 Å². The second-order valence-electron chi connectivity index (χ2n) is 13.0. The van der Waals surface area contributed by atoms with E-state index in [-0.39, 0.29) is 25.9 Å². The van der Waals surface area contributed by atoms with Gasteiger partial charge in [-0.3, -0.25) is 4.79 Å². The van der Waals surface area contributed by atoms with Crippen LogP contribution in [0.4, 0.5) is 9.59 Å². The van der Waals surface area contributed by atoms with E-state index >= 15 is 0 Å². The van der Waals surface area contributed by atoms with E-state index in [1.54, 1.807) is 25.7 Å². The van der Waals surface area contributed by atoms with E-state index in [1.807, 2.05) is 75.4 Å². The SMILES string of the molecule is CC(C)(C)OC(=O)N1CCC(O)(C2CC(Cc3ccc(-c4ccccc4)cc3)N(C(=O)OC(C)(C)C)C2=O)CC1.